The second-order valence-electron chi connectivity index (χ2n) is 8.91. The fourth-order valence-electron chi connectivity index (χ4n) is 4.60. The van der Waals surface area contributed by atoms with Crippen LogP contribution in [-0.2, 0) is 7.05 Å². The van der Waals surface area contributed by atoms with Crippen LogP contribution in [0.1, 0.15) is 54.2 Å². The van der Waals surface area contributed by atoms with Gasteiger partial charge >= 0.3 is 0 Å². The molecule has 4 rings (SSSR count). The van der Waals surface area contributed by atoms with E-state index in [1.54, 1.807) is 27.0 Å². The predicted octanol–water partition coefficient (Wildman–Crippen LogP) is 4.64. The lowest BCUT2D eigenvalue weighted by atomic mass is 9.88. The molecule has 3 aromatic rings. The number of halogens is 4. The number of alkyl halides is 3. The first kappa shape index (κ1) is 24.1. The fraction of sp³-hybridized carbons (Fsp3) is 0.458. The molecule has 3 atom stereocenters. The Kier molecular flexibility index (Phi) is 6.62. The molecule has 34 heavy (non-hydrogen) atoms. The molecule has 0 spiro atoms. The van der Waals surface area contributed by atoms with E-state index in [1.807, 2.05) is 11.9 Å². The third-order valence-corrected chi connectivity index (χ3v) is 6.46. The smallest absolute Gasteiger partial charge is 0.266 e. The van der Waals surface area contributed by atoms with Crippen LogP contribution >= 0.6 is 0 Å². The molecule has 0 radical (unpaired) electrons. The molecule has 2 aromatic heterocycles. The molecule has 182 valence electrons. The van der Waals surface area contributed by atoms with Crippen molar-refractivity contribution in [1.29, 1.82) is 0 Å². The second-order valence-corrected chi connectivity index (χ2v) is 8.91. The maximum Gasteiger partial charge on any atom is 0.266 e. The van der Waals surface area contributed by atoms with Gasteiger partial charge in [-0.1, -0.05) is 18.2 Å². The number of piperidine rings is 1. The van der Waals surface area contributed by atoms with Gasteiger partial charge in [0.25, 0.3) is 12.0 Å². The fourth-order valence-corrected chi connectivity index (χ4v) is 4.60. The lowest BCUT2D eigenvalue weighted by Crippen LogP contribution is -2.40. The molecule has 1 aliphatic rings. The number of likely N-dealkylation sites (tertiary alicyclic amines) is 1. The molecule has 3 heterocycles. The van der Waals surface area contributed by atoms with E-state index in [0.29, 0.717) is 41.2 Å². The molecule has 0 amide bonds. The summed E-state index contributed by atoms with van der Waals surface area (Å²) in [7, 11) is 3.41. The van der Waals surface area contributed by atoms with E-state index in [9.17, 15) is 22.4 Å². The maximum absolute atomic E-state index is 14.9. The first-order valence-corrected chi connectivity index (χ1v) is 11.1. The quantitative estimate of drug-likeness (QED) is 0.543. The van der Waals surface area contributed by atoms with Gasteiger partial charge in [-0.25, -0.2) is 27.5 Å². The van der Waals surface area contributed by atoms with Gasteiger partial charge in [0.15, 0.2) is 0 Å². The minimum Gasteiger partial charge on any atom is -0.363 e. The van der Waals surface area contributed by atoms with Crippen LogP contribution in [0.3, 0.4) is 0 Å². The molecular formula is C24H27F4N5O. The van der Waals surface area contributed by atoms with Gasteiger partial charge in [-0.05, 0) is 39.9 Å². The number of benzene rings is 1. The molecule has 1 aliphatic heterocycles. The summed E-state index contributed by atoms with van der Waals surface area (Å²) in [4.78, 5) is 23.8. The molecule has 10 heteroatoms. The molecule has 1 N–H and O–H groups in total. The lowest BCUT2D eigenvalue weighted by Gasteiger charge is -2.32. The van der Waals surface area contributed by atoms with Crippen LogP contribution < -0.4 is 10.9 Å². The van der Waals surface area contributed by atoms with Gasteiger partial charge in [-0.15, -0.1) is 0 Å². The van der Waals surface area contributed by atoms with Crippen molar-refractivity contribution in [2.75, 3.05) is 25.5 Å². The average molecular weight is 478 g/mol. The summed E-state index contributed by atoms with van der Waals surface area (Å²) in [5, 5.41) is 3.57. The normalized spacial score (nSPS) is 20.1. The van der Waals surface area contributed by atoms with Crippen LogP contribution in [0.5, 0.6) is 0 Å². The molecule has 6 nitrogen and oxygen atoms in total. The summed E-state index contributed by atoms with van der Waals surface area (Å²) >= 11 is 0. The van der Waals surface area contributed by atoms with Gasteiger partial charge in [-0.2, -0.15) is 0 Å². The van der Waals surface area contributed by atoms with Gasteiger partial charge in [-0.3, -0.25) is 9.36 Å². The first-order chi connectivity index (χ1) is 16.1. The molecule has 0 bridgehead atoms. The summed E-state index contributed by atoms with van der Waals surface area (Å²) in [6, 6.07) is 4.76. The molecule has 1 fully saturated rings. The largest absolute Gasteiger partial charge is 0.363 e. The van der Waals surface area contributed by atoms with Crippen LogP contribution in [0.2, 0.25) is 0 Å². The van der Waals surface area contributed by atoms with Crippen molar-refractivity contribution in [3.63, 3.8) is 0 Å². The van der Waals surface area contributed by atoms with E-state index >= 15 is 0 Å². The summed E-state index contributed by atoms with van der Waals surface area (Å²) in [5.74, 6) is -0.857. The highest BCUT2D eigenvalue weighted by molar-refractivity contribution is 5.87. The number of hydrogen-bond acceptors (Lipinski definition) is 5. The van der Waals surface area contributed by atoms with Gasteiger partial charge in [0.1, 0.15) is 29.3 Å². The number of rotatable bonds is 5. The second kappa shape index (κ2) is 9.32. The average Bonchev–Trinajstić information content (AvgIpc) is 2.77. The highest BCUT2D eigenvalue weighted by Gasteiger charge is 2.32. The summed E-state index contributed by atoms with van der Waals surface area (Å²) < 4.78 is 57.3. The van der Waals surface area contributed by atoms with Crippen molar-refractivity contribution >= 4 is 16.9 Å². The molecule has 0 saturated carbocycles. The van der Waals surface area contributed by atoms with E-state index in [1.165, 1.54) is 16.7 Å². The Morgan fingerprint density at radius 2 is 1.88 bits per heavy atom. The Morgan fingerprint density at radius 3 is 2.56 bits per heavy atom. The zero-order chi connectivity index (χ0) is 24.7. The number of aromatic nitrogens is 3. The Hall–Kier alpha value is -3.01. The number of pyridine rings is 1. The first-order valence-electron chi connectivity index (χ1n) is 11.1. The standard InChI is InChI=1S/C24H27F4N5O/c1-12(14-6-5-7-16(20(14)26)21(27)28)29-22-18-10-17(15-8-9-32(3)11-19(15)25)24(34)33(4)23(18)31-13(2)30-22/h5-7,10,12,15,19,21H,8-9,11H2,1-4H3,(H,29,30,31)/t12-,15?,19?/m1/s1. The zero-order valence-corrected chi connectivity index (χ0v) is 19.4. The van der Waals surface area contributed by atoms with Crippen LogP contribution in [0.15, 0.2) is 29.1 Å². The van der Waals surface area contributed by atoms with Crippen molar-refractivity contribution in [2.24, 2.45) is 7.05 Å². The van der Waals surface area contributed by atoms with E-state index < -0.39 is 35.9 Å². The highest BCUT2D eigenvalue weighted by atomic mass is 19.3. The topological polar surface area (TPSA) is 63.1 Å². The number of aryl methyl sites for hydroxylation is 2. The Morgan fingerprint density at radius 1 is 1.18 bits per heavy atom. The number of nitrogens with zero attached hydrogens (tertiary/aromatic N) is 4. The monoisotopic (exact) mass is 477 g/mol. The van der Waals surface area contributed by atoms with Gasteiger partial charge in [0, 0.05) is 30.6 Å². The number of hydrogen-bond donors (Lipinski definition) is 1. The van der Waals surface area contributed by atoms with Crippen molar-refractivity contribution in [1.82, 2.24) is 19.4 Å². The highest BCUT2D eigenvalue weighted by Crippen LogP contribution is 2.33. The van der Waals surface area contributed by atoms with Crippen molar-refractivity contribution in [3.05, 3.63) is 63.0 Å². The van der Waals surface area contributed by atoms with Gasteiger partial charge in [0.2, 0.25) is 0 Å². The van der Waals surface area contributed by atoms with Crippen molar-refractivity contribution < 1.29 is 17.6 Å². The summed E-state index contributed by atoms with van der Waals surface area (Å²) in [6.45, 7) is 4.19. The van der Waals surface area contributed by atoms with Crippen LogP contribution in [0.25, 0.3) is 11.0 Å². The summed E-state index contributed by atoms with van der Waals surface area (Å²) in [5.41, 5.74) is -0.245. The van der Waals surface area contributed by atoms with Crippen LogP contribution in [-0.4, -0.2) is 45.7 Å². The van der Waals surface area contributed by atoms with Gasteiger partial charge < -0.3 is 10.2 Å². The van der Waals surface area contributed by atoms with Crippen LogP contribution in [0, 0.1) is 12.7 Å². The van der Waals surface area contributed by atoms with Crippen LogP contribution in [0.4, 0.5) is 23.4 Å². The third-order valence-electron chi connectivity index (χ3n) is 6.46. The lowest BCUT2D eigenvalue weighted by molar-refractivity contribution is 0.138. The SMILES string of the molecule is Cc1nc(N[C@H](C)c2cccc(C(F)F)c2F)c2cc(C3CCN(C)CC3F)c(=O)n(C)c2n1. The minimum absolute atomic E-state index is 0.0615. The van der Waals surface area contributed by atoms with E-state index in [-0.39, 0.29) is 17.7 Å². The third kappa shape index (κ3) is 4.38. The van der Waals surface area contributed by atoms with Crippen molar-refractivity contribution in [2.45, 2.75) is 44.8 Å². The van der Waals surface area contributed by atoms with E-state index in [2.05, 4.69) is 15.3 Å². The van der Waals surface area contributed by atoms with E-state index in [4.69, 9.17) is 0 Å². The zero-order valence-electron chi connectivity index (χ0n) is 19.4. The molecular weight excluding hydrogens is 450 g/mol. The molecule has 1 aromatic carbocycles. The van der Waals surface area contributed by atoms with Gasteiger partial charge in [0.05, 0.1) is 17.0 Å². The predicted molar refractivity (Wildman–Crippen MR) is 123 cm³/mol. The molecule has 1 saturated heterocycles. The Balaban J connectivity index is 1.80. The number of anilines is 1. The maximum atomic E-state index is 14.9. The number of fused-ring (bicyclic) bond motifs is 1. The molecule has 2 unspecified atom stereocenters. The van der Waals surface area contributed by atoms with E-state index in [0.717, 1.165) is 6.07 Å². The minimum atomic E-state index is -2.94. The van der Waals surface area contributed by atoms with Crippen molar-refractivity contribution in [3.8, 4) is 0 Å². The Bertz CT molecular complexity index is 1280. The molecule has 0 aliphatic carbocycles. The Labute approximate surface area is 194 Å². The summed E-state index contributed by atoms with van der Waals surface area (Å²) in [6.07, 6.45) is -3.64. The number of nitrogens with one attached hydrogen (secondary N) is 1.